The highest BCUT2D eigenvalue weighted by Gasteiger charge is 2.18. The van der Waals surface area contributed by atoms with Gasteiger partial charge in [0.1, 0.15) is 0 Å². The van der Waals surface area contributed by atoms with Crippen LogP contribution in [0.3, 0.4) is 0 Å². The third-order valence-corrected chi connectivity index (χ3v) is 3.99. The van der Waals surface area contributed by atoms with Crippen molar-refractivity contribution in [3.63, 3.8) is 0 Å². The van der Waals surface area contributed by atoms with Crippen molar-refractivity contribution in [3.8, 4) is 11.5 Å². The summed E-state index contributed by atoms with van der Waals surface area (Å²) < 4.78 is 10.7. The maximum Gasteiger partial charge on any atom is 0.269 e. The molecule has 1 N–H and O–H groups in total. The van der Waals surface area contributed by atoms with E-state index in [9.17, 15) is 14.9 Å². The number of hydrogen-bond donors (Lipinski definition) is 1. The summed E-state index contributed by atoms with van der Waals surface area (Å²) in [6, 6.07) is 8.71. The molecule has 1 amide bonds. The van der Waals surface area contributed by atoms with Gasteiger partial charge in [-0.1, -0.05) is 23.7 Å². The molecule has 7 nitrogen and oxygen atoms in total. The second-order valence-corrected chi connectivity index (χ2v) is 5.88. The molecule has 0 saturated heterocycles. The van der Waals surface area contributed by atoms with Gasteiger partial charge in [0.2, 0.25) is 0 Å². The standard InChI is InChI=1S/C18H19ClN2O5/c1-4-26-17-15(19)9-13(10-16(17)25-3)18(22)20-11(2)12-6-5-7-14(8-12)21(23)24/h5-11H,4H2,1-3H3,(H,20,22). The van der Waals surface area contributed by atoms with E-state index in [1.54, 1.807) is 19.1 Å². The summed E-state index contributed by atoms with van der Waals surface area (Å²) >= 11 is 6.19. The Morgan fingerprint density at radius 1 is 1.35 bits per heavy atom. The fraction of sp³-hybridized carbons (Fsp3) is 0.278. The summed E-state index contributed by atoms with van der Waals surface area (Å²) in [6.07, 6.45) is 0. The molecule has 138 valence electrons. The van der Waals surface area contributed by atoms with Crippen molar-refractivity contribution in [2.75, 3.05) is 13.7 Å². The Morgan fingerprint density at radius 2 is 2.08 bits per heavy atom. The molecule has 0 aliphatic rings. The zero-order valence-corrected chi connectivity index (χ0v) is 15.4. The van der Waals surface area contributed by atoms with Crippen molar-refractivity contribution in [1.29, 1.82) is 0 Å². The summed E-state index contributed by atoms with van der Waals surface area (Å²) in [5.74, 6) is 0.347. The molecule has 0 fully saturated rings. The summed E-state index contributed by atoms with van der Waals surface area (Å²) in [4.78, 5) is 23.0. The summed E-state index contributed by atoms with van der Waals surface area (Å²) in [5.41, 5.74) is 0.888. The summed E-state index contributed by atoms with van der Waals surface area (Å²) in [5, 5.41) is 13.9. The van der Waals surface area contributed by atoms with Crippen molar-refractivity contribution in [3.05, 3.63) is 62.7 Å². The fourth-order valence-corrected chi connectivity index (χ4v) is 2.67. The van der Waals surface area contributed by atoms with Crippen LogP contribution >= 0.6 is 11.6 Å². The Kier molecular flexibility index (Phi) is 6.41. The van der Waals surface area contributed by atoms with Crippen LogP contribution in [0.1, 0.15) is 35.8 Å². The zero-order chi connectivity index (χ0) is 19.3. The number of nitrogens with zero attached hydrogens (tertiary/aromatic N) is 1. The number of methoxy groups -OCH3 is 1. The van der Waals surface area contributed by atoms with Crippen LogP contribution < -0.4 is 14.8 Å². The van der Waals surface area contributed by atoms with Crippen LogP contribution in [0.4, 0.5) is 5.69 Å². The van der Waals surface area contributed by atoms with E-state index < -0.39 is 11.0 Å². The molecule has 0 aromatic heterocycles. The minimum Gasteiger partial charge on any atom is -0.493 e. The second kappa shape index (κ2) is 8.53. The molecule has 0 aliphatic heterocycles. The maximum atomic E-state index is 12.5. The highest BCUT2D eigenvalue weighted by atomic mass is 35.5. The monoisotopic (exact) mass is 378 g/mol. The first kappa shape index (κ1) is 19.5. The number of nitro benzene ring substituents is 1. The highest BCUT2D eigenvalue weighted by Crippen LogP contribution is 2.36. The fourth-order valence-electron chi connectivity index (χ4n) is 2.41. The van der Waals surface area contributed by atoms with Gasteiger partial charge >= 0.3 is 0 Å². The summed E-state index contributed by atoms with van der Waals surface area (Å²) in [6.45, 7) is 3.97. The van der Waals surface area contributed by atoms with Crippen molar-refractivity contribution in [2.24, 2.45) is 0 Å². The molecule has 0 aliphatic carbocycles. The lowest BCUT2D eigenvalue weighted by Crippen LogP contribution is -2.26. The maximum absolute atomic E-state index is 12.5. The van der Waals surface area contributed by atoms with E-state index in [2.05, 4.69) is 5.32 Å². The first-order chi connectivity index (χ1) is 12.4. The van der Waals surface area contributed by atoms with Crippen LogP contribution in [0.25, 0.3) is 0 Å². The van der Waals surface area contributed by atoms with Gasteiger partial charge in [0, 0.05) is 17.7 Å². The first-order valence-corrected chi connectivity index (χ1v) is 8.30. The topological polar surface area (TPSA) is 90.7 Å². The smallest absolute Gasteiger partial charge is 0.269 e. The molecule has 0 spiro atoms. The molecule has 26 heavy (non-hydrogen) atoms. The van der Waals surface area contributed by atoms with Gasteiger partial charge in [-0.05, 0) is 31.5 Å². The van der Waals surface area contributed by atoms with Crippen LogP contribution in [-0.2, 0) is 0 Å². The molecule has 2 aromatic carbocycles. The van der Waals surface area contributed by atoms with Crippen LogP contribution in [0.5, 0.6) is 11.5 Å². The first-order valence-electron chi connectivity index (χ1n) is 7.92. The number of benzene rings is 2. The third-order valence-electron chi connectivity index (χ3n) is 3.71. The van der Waals surface area contributed by atoms with Crippen molar-refractivity contribution in [2.45, 2.75) is 19.9 Å². The van der Waals surface area contributed by atoms with E-state index in [1.165, 1.54) is 31.4 Å². The third kappa shape index (κ3) is 4.43. The average Bonchev–Trinajstić information content (AvgIpc) is 2.63. The minimum atomic E-state index is -0.477. The quantitative estimate of drug-likeness (QED) is 0.577. The Bertz CT molecular complexity index is 825. The Hall–Kier alpha value is -2.80. The van der Waals surface area contributed by atoms with E-state index >= 15 is 0 Å². The molecular weight excluding hydrogens is 360 g/mol. The minimum absolute atomic E-state index is 0.0330. The van der Waals surface area contributed by atoms with E-state index in [0.717, 1.165) is 0 Å². The Morgan fingerprint density at radius 3 is 2.69 bits per heavy atom. The summed E-state index contributed by atoms with van der Waals surface area (Å²) in [7, 11) is 1.46. The van der Waals surface area contributed by atoms with Gasteiger partial charge in [-0.25, -0.2) is 0 Å². The number of nitrogens with one attached hydrogen (secondary N) is 1. The molecule has 2 aromatic rings. The van der Waals surface area contributed by atoms with Crippen molar-refractivity contribution >= 4 is 23.2 Å². The van der Waals surface area contributed by atoms with Crippen LogP contribution in [0.2, 0.25) is 5.02 Å². The van der Waals surface area contributed by atoms with E-state index in [4.69, 9.17) is 21.1 Å². The molecule has 1 unspecified atom stereocenters. The lowest BCUT2D eigenvalue weighted by Gasteiger charge is -2.16. The van der Waals surface area contributed by atoms with Gasteiger partial charge in [0.25, 0.3) is 11.6 Å². The van der Waals surface area contributed by atoms with Gasteiger partial charge in [-0.2, -0.15) is 0 Å². The zero-order valence-electron chi connectivity index (χ0n) is 14.6. The van der Waals surface area contributed by atoms with Gasteiger partial charge in [-0.15, -0.1) is 0 Å². The highest BCUT2D eigenvalue weighted by molar-refractivity contribution is 6.32. The molecule has 0 saturated carbocycles. The Labute approximate surface area is 156 Å². The normalized spacial score (nSPS) is 11.5. The molecule has 0 radical (unpaired) electrons. The molecule has 1 atom stereocenters. The number of non-ortho nitro benzene ring substituents is 1. The number of rotatable bonds is 7. The average molecular weight is 379 g/mol. The van der Waals surface area contributed by atoms with Crippen LogP contribution in [-0.4, -0.2) is 24.5 Å². The number of amides is 1. The molecule has 0 bridgehead atoms. The predicted octanol–water partition coefficient (Wildman–Crippen LogP) is 4.15. The number of carbonyl (C=O) groups is 1. The number of nitro groups is 1. The van der Waals surface area contributed by atoms with E-state index in [0.29, 0.717) is 29.2 Å². The van der Waals surface area contributed by atoms with Gasteiger partial charge in [0.15, 0.2) is 11.5 Å². The lowest BCUT2D eigenvalue weighted by molar-refractivity contribution is -0.384. The van der Waals surface area contributed by atoms with Gasteiger partial charge < -0.3 is 14.8 Å². The van der Waals surface area contributed by atoms with Gasteiger partial charge in [-0.3, -0.25) is 14.9 Å². The number of hydrogen-bond acceptors (Lipinski definition) is 5. The van der Waals surface area contributed by atoms with Crippen molar-refractivity contribution < 1.29 is 19.2 Å². The molecule has 2 rings (SSSR count). The SMILES string of the molecule is CCOc1c(Cl)cc(C(=O)NC(C)c2cccc([N+](=O)[O-])c2)cc1OC. The Balaban J connectivity index is 2.23. The number of halogens is 1. The lowest BCUT2D eigenvalue weighted by atomic mass is 10.1. The number of carbonyl (C=O) groups excluding carboxylic acids is 1. The predicted molar refractivity (Wildman–Crippen MR) is 98.2 cm³/mol. The largest absolute Gasteiger partial charge is 0.493 e. The number of ether oxygens (including phenoxy) is 2. The second-order valence-electron chi connectivity index (χ2n) is 5.47. The molecule has 8 heteroatoms. The van der Waals surface area contributed by atoms with Gasteiger partial charge in [0.05, 0.1) is 29.7 Å². The molecular formula is C18H19ClN2O5. The van der Waals surface area contributed by atoms with Crippen LogP contribution in [0.15, 0.2) is 36.4 Å². The van der Waals surface area contributed by atoms with E-state index in [-0.39, 0.29) is 16.6 Å². The van der Waals surface area contributed by atoms with E-state index in [1.807, 2.05) is 6.92 Å². The molecule has 0 heterocycles. The van der Waals surface area contributed by atoms with Crippen LogP contribution in [0, 0.1) is 10.1 Å². The van der Waals surface area contributed by atoms with Crippen molar-refractivity contribution in [1.82, 2.24) is 5.32 Å².